The highest BCUT2D eigenvalue weighted by Gasteiger charge is 2.40. The lowest BCUT2D eigenvalue weighted by Crippen LogP contribution is -2.27. The van der Waals surface area contributed by atoms with Gasteiger partial charge in [-0.05, 0) is 35.3 Å². The molecule has 0 amide bonds. The number of ketones is 3. The number of phenolic OH excluding ortho intramolecular Hbond substituents is 3. The molecule has 0 spiro atoms. The average Bonchev–Trinajstić information content (AvgIpc) is 2.87. The topological polar surface area (TPSA) is 253 Å². The minimum absolute atomic E-state index is 0.277. The molecule has 3 aromatic carbocycles. The number of nitrogens with zero attached hydrogens (tertiary/aromatic N) is 6. The standard InChI is InChI=1S/C23H12N6O9S/c24-28-26-15-3-1-2-14-18(15)23(19(27-29-25)22(35)21(14)34)39(36,37)38-11-5-7-13(17(32)9-11)20(33)12-6-4-10(30)8-16(12)31/h1-9,30-32H. The van der Waals surface area contributed by atoms with Gasteiger partial charge >= 0.3 is 10.1 Å². The van der Waals surface area contributed by atoms with Crippen LogP contribution in [-0.2, 0) is 14.9 Å². The van der Waals surface area contributed by atoms with E-state index in [1.807, 2.05) is 0 Å². The Kier molecular flexibility index (Phi) is 6.67. The summed E-state index contributed by atoms with van der Waals surface area (Å²) in [4.78, 5) is 41.8. The van der Waals surface area contributed by atoms with E-state index < -0.39 is 66.4 Å². The van der Waals surface area contributed by atoms with Gasteiger partial charge in [-0.2, -0.15) is 8.42 Å². The van der Waals surface area contributed by atoms with Crippen LogP contribution >= 0.6 is 0 Å². The number of azide groups is 2. The Balaban J connectivity index is 1.82. The summed E-state index contributed by atoms with van der Waals surface area (Å²) in [6, 6.07) is 9.30. The van der Waals surface area contributed by atoms with Crippen LogP contribution in [0.4, 0.5) is 5.69 Å². The molecule has 0 fully saturated rings. The first-order chi connectivity index (χ1) is 18.5. The number of hydrogen-bond acceptors (Lipinski definition) is 11. The number of Topliss-reactive ketones (excluding diaryl/α,β-unsaturated/α-hetero) is 2. The predicted molar refractivity (Wildman–Crippen MR) is 132 cm³/mol. The first kappa shape index (κ1) is 26.2. The van der Waals surface area contributed by atoms with Gasteiger partial charge in [0, 0.05) is 38.8 Å². The smallest absolute Gasteiger partial charge is 0.340 e. The highest BCUT2D eigenvalue weighted by molar-refractivity contribution is 7.96. The molecule has 15 nitrogen and oxygen atoms in total. The van der Waals surface area contributed by atoms with Crippen molar-refractivity contribution in [2.24, 2.45) is 10.2 Å². The number of fused-ring (bicyclic) bond motifs is 1. The van der Waals surface area contributed by atoms with Crippen molar-refractivity contribution in [2.75, 3.05) is 0 Å². The SMILES string of the molecule is [N-]=[N+]=NC1=C(S(=O)(=O)Oc2ccc(C(=O)c3ccc(O)cc3O)c(O)c2)c2c(N=[N+]=[N-])cccc2C(=O)C1=O. The molecule has 0 aromatic heterocycles. The minimum Gasteiger partial charge on any atom is -0.508 e. The van der Waals surface area contributed by atoms with Crippen LogP contribution in [0.15, 0.2) is 70.5 Å². The summed E-state index contributed by atoms with van der Waals surface area (Å²) in [6.45, 7) is 0. The number of phenols is 3. The molecule has 0 radical (unpaired) electrons. The van der Waals surface area contributed by atoms with Gasteiger partial charge in [0.2, 0.25) is 11.6 Å². The Morgan fingerprint density at radius 2 is 1.49 bits per heavy atom. The van der Waals surface area contributed by atoms with Crippen LogP contribution in [-0.4, -0.2) is 41.1 Å². The number of rotatable bonds is 7. The Bertz CT molecular complexity index is 1850. The Hall–Kier alpha value is -5.82. The van der Waals surface area contributed by atoms with Crippen molar-refractivity contribution < 1.29 is 42.3 Å². The van der Waals surface area contributed by atoms with Crippen LogP contribution in [0.1, 0.15) is 31.8 Å². The van der Waals surface area contributed by atoms with Crippen LogP contribution in [0.3, 0.4) is 0 Å². The van der Waals surface area contributed by atoms with Gasteiger partial charge in [-0.3, -0.25) is 14.4 Å². The minimum atomic E-state index is -5.14. The molecule has 0 heterocycles. The molecule has 3 aromatic rings. The van der Waals surface area contributed by atoms with E-state index >= 15 is 0 Å². The van der Waals surface area contributed by atoms with Gasteiger partial charge in [0.1, 0.15) is 33.6 Å². The fourth-order valence-corrected chi connectivity index (χ4v) is 4.99. The Morgan fingerprint density at radius 1 is 0.846 bits per heavy atom. The van der Waals surface area contributed by atoms with E-state index in [1.54, 1.807) is 0 Å². The maximum Gasteiger partial charge on any atom is 0.340 e. The first-order valence-electron chi connectivity index (χ1n) is 10.4. The van der Waals surface area contributed by atoms with Crippen molar-refractivity contribution >= 4 is 38.1 Å². The van der Waals surface area contributed by atoms with Crippen LogP contribution in [0.5, 0.6) is 23.0 Å². The largest absolute Gasteiger partial charge is 0.508 e. The molecule has 0 aliphatic heterocycles. The van der Waals surface area contributed by atoms with E-state index in [0.717, 1.165) is 48.5 Å². The maximum absolute atomic E-state index is 13.4. The lowest BCUT2D eigenvalue weighted by molar-refractivity contribution is -0.111. The number of benzene rings is 3. The monoisotopic (exact) mass is 548 g/mol. The van der Waals surface area contributed by atoms with Gasteiger partial charge in [-0.25, -0.2) is 0 Å². The molecule has 1 aliphatic rings. The van der Waals surface area contributed by atoms with E-state index in [1.165, 1.54) is 6.07 Å². The van der Waals surface area contributed by atoms with Crippen molar-refractivity contribution in [3.05, 3.63) is 103 Å². The normalized spacial score (nSPS) is 12.7. The molecule has 3 N–H and O–H groups in total. The highest BCUT2D eigenvalue weighted by atomic mass is 32.2. The van der Waals surface area contributed by atoms with Crippen LogP contribution in [0.25, 0.3) is 25.8 Å². The molecule has 4 rings (SSSR count). The highest BCUT2D eigenvalue weighted by Crippen LogP contribution is 2.41. The number of aromatic hydroxyl groups is 3. The van der Waals surface area contributed by atoms with Gasteiger partial charge < -0.3 is 19.5 Å². The first-order valence-corrected chi connectivity index (χ1v) is 11.8. The molecule has 0 saturated heterocycles. The van der Waals surface area contributed by atoms with Crippen LogP contribution in [0.2, 0.25) is 0 Å². The zero-order chi connectivity index (χ0) is 28.5. The summed E-state index contributed by atoms with van der Waals surface area (Å²) in [5.74, 6) is -5.79. The van der Waals surface area contributed by atoms with Crippen molar-refractivity contribution in [2.45, 2.75) is 0 Å². The van der Waals surface area contributed by atoms with E-state index in [-0.39, 0.29) is 22.6 Å². The van der Waals surface area contributed by atoms with Gasteiger partial charge in [-0.15, -0.1) is 0 Å². The maximum atomic E-state index is 13.4. The summed E-state index contributed by atoms with van der Waals surface area (Å²) in [5, 5.41) is 36.1. The quantitative estimate of drug-likeness (QED) is 0.0956. The average molecular weight is 548 g/mol. The number of allylic oxidation sites excluding steroid dienone is 1. The molecule has 0 bridgehead atoms. The second-order valence-corrected chi connectivity index (χ2v) is 9.14. The lowest BCUT2D eigenvalue weighted by atomic mass is 9.92. The van der Waals surface area contributed by atoms with E-state index in [2.05, 4.69) is 20.1 Å². The summed E-state index contributed by atoms with van der Waals surface area (Å²) in [6.07, 6.45) is 0. The second-order valence-electron chi connectivity index (χ2n) is 7.66. The summed E-state index contributed by atoms with van der Waals surface area (Å²) in [7, 11) is -5.14. The molecule has 39 heavy (non-hydrogen) atoms. The van der Waals surface area contributed by atoms with Crippen LogP contribution < -0.4 is 4.18 Å². The molecule has 194 valence electrons. The fraction of sp³-hybridized carbons (Fsp3) is 0. The zero-order valence-corrected chi connectivity index (χ0v) is 19.9. The van der Waals surface area contributed by atoms with Gasteiger partial charge in [0.15, 0.2) is 5.78 Å². The predicted octanol–water partition coefficient (Wildman–Crippen LogP) is 4.13. The van der Waals surface area contributed by atoms with E-state index in [4.69, 9.17) is 15.2 Å². The molecule has 16 heteroatoms. The zero-order valence-electron chi connectivity index (χ0n) is 19.1. The second kappa shape index (κ2) is 9.91. The molecule has 0 atom stereocenters. The van der Waals surface area contributed by atoms with E-state index in [0.29, 0.717) is 0 Å². The molecule has 0 unspecified atom stereocenters. The summed E-state index contributed by atoms with van der Waals surface area (Å²) in [5.41, 5.74) is 14.6. The molecule has 0 saturated carbocycles. The third-order valence-corrected chi connectivity index (χ3v) is 6.65. The number of carbonyl (C=O) groups is 3. The van der Waals surface area contributed by atoms with Crippen molar-refractivity contribution in [3.8, 4) is 23.0 Å². The molecular weight excluding hydrogens is 536 g/mol. The van der Waals surface area contributed by atoms with Gasteiger partial charge in [0.25, 0.3) is 0 Å². The summed E-state index contributed by atoms with van der Waals surface area (Å²) < 4.78 is 31.8. The van der Waals surface area contributed by atoms with Gasteiger partial charge in [-0.1, -0.05) is 28.4 Å². The lowest BCUT2D eigenvalue weighted by Gasteiger charge is -2.21. The fourth-order valence-electron chi connectivity index (χ4n) is 3.71. The van der Waals surface area contributed by atoms with Crippen molar-refractivity contribution in [1.82, 2.24) is 0 Å². The third kappa shape index (κ3) is 4.68. The Morgan fingerprint density at radius 3 is 2.10 bits per heavy atom. The molecule has 1 aliphatic carbocycles. The van der Waals surface area contributed by atoms with Gasteiger partial charge in [0.05, 0.1) is 11.1 Å². The van der Waals surface area contributed by atoms with Crippen molar-refractivity contribution in [3.63, 3.8) is 0 Å². The number of hydrogen-bond donors (Lipinski definition) is 3. The third-order valence-electron chi connectivity index (χ3n) is 5.34. The van der Waals surface area contributed by atoms with E-state index in [9.17, 15) is 38.1 Å². The summed E-state index contributed by atoms with van der Waals surface area (Å²) >= 11 is 0. The number of carbonyl (C=O) groups excluding carboxylic acids is 3. The van der Waals surface area contributed by atoms with Crippen molar-refractivity contribution in [1.29, 1.82) is 0 Å². The molecular formula is C23H12N6O9S. The Labute approximate surface area is 217 Å². The van der Waals surface area contributed by atoms with Crippen LogP contribution in [0, 0.1) is 0 Å².